The molecule has 2 heterocycles. The number of carbonyl (C=O) groups is 1. The van der Waals surface area contributed by atoms with Crippen LogP contribution in [-0.4, -0.2) is 40.0 Å². The number of amides is 1. The summed E-state index contributed by atoms with van der Waals surface area (Å²) in [5, 5.41) is 2.99. The predicted molar refractivity (Wildman–Crippen MR) is 108 cm³/mol. The molecule has 1 aliphatic rings. The minimum Gasteiger partial charge on any atom is -0.455 e. The largest absolute Gasteiger partial charge is 0.455 e. The fraction of sp³-hybridized carbons (Fsp3) is 0.421. The molecule has 1 fully saturated rings. The summed E-state index contributed by atoms with van der Waals surface area (Å²) in [5.74, 6) is -0.531. The van der Waals surface area contributed by atoms with E-state index in [0.717, 1.165) is 25.9 Å². The lowest BCUT2D eigenvalue weighted by atomic mass is 10.2. The molecule has 0 spiro atoms. The second-order valence-corrected chi connectivity index (χ2v) is 9.63. The van der Waals surface area contributed by atoms with Crippen LogP contribution in [0.15, 0.2) is 39.6 Å². The molecule has 1 amide bonds. The molecule has 1 saturated heterocycles. The van der Waals surface area contributed by atoms with Gasteiger partial charge in [0.05, 0.1) is 29.7 Å². The van der Waals surface area contributed by atoms with Gasteiger partial charge in [0.1, 0.15) is 22.5 Å². The molecule has 0 bridgehead atoms. The van der Waals surface area contributed by atoms with Crippen LogP contribution in [0.2, 0.25) is 10.0 Å². The third-order valence-corrected chi connectivity index (χ3v) is 7.62. The van der Waals surface area contributed by atoms with Gasteiger partial charge in [-0.3, -0.25) is 4.79 Å². The van der Waals surface area contributed by atoms with Crippen LogP contribution in [0.4, 0.5) is 0 Å². The molecule has 152 valence electrons. The first-order valence-electron chi connectivity index (χ1n) is 9.20. The Kier molecular flexibility index (Phi) is 6.70. The quantitative estimate of drug-likeness (QED) is 0.685. The van der Waals surface area contributed by atoms with E-state index in [0.29, 0.717) is 12.6 Å². The van der Waals surface area contributed by atoms with Gasteiger partial charge in [-0.05, 0) is 31.2 Å². The molecule has 2 aromatic rings. The molecule has 3 rings (SSSR count). The summed E-state index contributed by atoms with van der Waals surface area (Å²) >= 11 is 12.0. The number of furan rings is 1. The topological polar surface area (TPSA) is 80.8 Å². The number of nitrogens with one attached hydrogen (secondary N) is 2. The number of likely N-dealkylation sites (tertiary alicyclic amines) is 1. The van der Waals surface area contributed by atoms with Gasteiger partial charge < -0.3 is 14.6 Å². The van der Waals surface area contributed by atoms with Crippen molar-refractivity contribution >= 4 is 38.9 Å². The molecule has 0 saturated carbocycles. The summed E-state index contributed by atoms with van der Waals surface area (Å²) in [6.45, 7) is 4.88. The highest BCUT2D eigenvalue weighted by Gasteiger charge is 2.28. The first-order chi connectivity index (χ1) is 13.3. The molecule has 1 aliphatic heterocycles. The van der Waals surface area contributed by atoms with Crippen molar-refractivity contribution in [2.45, 2.75) is 36.5 Å². The number of likely N-dealkylation sites (N-methyl/N-ethyl adjacent to an activating group) is 1. The second kappa shape index (κ2) is 8.86. The molecule has 6 nitrogen and oxygen atoms in total. The van der Waals surface area contributed by atoms with E-state index in [1.807, 2.05) is 0 Å². The van der Waals surface area contributed by atoms with E-state index in [1.54, 1.807) is 6.07 Å². The van der Waals surface area contributed by atoms with Gasteiger partial charge in [0, 0.05) is 12.8 Å². The van der Waals surface area contributed by atoms with Crippen LogP contribution in [0.5, 0.6) is 0 Å². The lowest BCUT2D eigenvalue weighted by molar-refractivity contribution is -0.909. The fourth-order valence-corrected chi connectivity index (χ4v) is 6.12. The van der Waals surface area contributed by atoms with Crippen molar-refractivity contribution in [1.82, 2.24) is 5.32 Å². The van der Waals surface area contributed by atoms with Gasteiger partial charge in [-0.2, -0.15) is 0 Å². The highest BCUT2D eigenvalue weighted by molar-refractivity contribution is 7.90. The van der Waals surface area contributed by atoms with E-state index >= 15 is 0 Å². The number of sulfone groups is 1. The highest BCUT2D eigenvalue weighted by Crippen LogP contribution is 2.31. The summed E-state index contributed by atoms with van der Waals surface area (Å²) < 4.78 is 30.8. The van der Waals surface area contributed by atoms with E-state index in [-0.39, 0.29) is 32.4 Å². The number of carbonyl (C=O) groups excluding carboxylic acids is 1. The van der Waals surface area contributed by atoms with Gasteiger partial charge in [0.15, 0.2) is 15.6 Å². The maximum atomic E-state index is 12.7. The van der Waals surface area contributed by atoms with Crippen molar-refractivity contribution < 1.29 is 22.5 Å². The molecule has 28 heavy (non-hydrogen) atoms. The summed E-state index contributed by atoms with van der Waals surface area (Å²) in [5.41, 5.74) is 0. The molecule has 0 aliphatic carbocycles. The smallest absolute Gasteiger partial charge is 0.287 e. The predicted octanol–water partition coefficient (Wildman–Crippen LogP) is 2.36. The van der Waals surface area contributed by atoms with Crippen molar-refractivity contribution in [3.05, 3.63) is 51.9 Å². The number of hydrogen-bond donors (Lipinski definition) is 2. The van der Waals surface area contributed by atoms with E-state index in [1.165, 1.54) is 29.2 Å². The van der Waals surface area contributed by atoms with Crippen molar-refractivity contribution in [1.29, 1.82) is 0 Å². The zero-order chi connectivity index (χ0) is 20.3. The number of rotatable bonds is 7. The van der Waals surface area contributed by atoms with Gasteiger partial charge in [0.2, 0.25) is 0 Å². The van der Waals surface area contributed by atoms with Gasteiger partial charge in [0.25, 0.3) is 5.91 Å². The highest BCUT2D eigenvalue weighted by atomic mass is 35.5. The van der Waals surface area contributed by atoms with Gasteiger partial charge >= 0.3 is 0 Å². The SMILES string of the molecule is CC[NH+]1CCCC1CNC(=O)c1ccc(CS(=O)(=O)c2c(Cl)cccc2Cl)o1. The maximum absolute atomic E-state index is 12.7. The number of benzene rings is 1. The Morgan fingerprint density at radius 3 is 2.64 bits per heavy atom. The Morgan fingerprint density at radius 2 is 1.96 bits per heavy atom. The average molecular weight is 446 g/mol. The van der Waals surface area contributed by atoms with Crippen molar-refractivity contribution in [3.8, 4) is 0 Å². The Labute approximate surface area is 174 Å². The van der Waals surface area contributed by atoms with Crippen LogP contribution in [0.25, 0.3) is 0 Å². The normalized spacial score (nSPS) is 19.7. The zero-order valence-electron chi connectivity index (χ0n) is 15.5. The number of halogens is 2. The minimum atomic E-state index is -3.82. The van der Waals surface area contributed by atoms with Crippen LogP contribution < -0.4 is 10.2 Å². The molecule has 0 radical (unpaired) electrons. The first-order valence-corrected chi connectivity index (χ1v) is 11.6. The number of hydrogen-bond acceptors (Lipinski definition) is 4. The molecular formula is C19H23Cl2N2O4S+. The van der Waals surface area contributed by atoms with Crippen LogP contribution in [-0.2, 0) is 15.6 Å². The third kappa shape index (κ3) is 4.71. The fourth-order valence-electron chi connectivity index (χ4n) is 3.62. The second-order valence-electron chi connectivity index (χ2n) is 6.89. The van der Waals surface area contributed by atoms with E-state index < -0.39 is 15.6 Å². The average Bonchev–Trinajstić information content (AvgIpc) is 3.27. The van der Waals surface area contributed by atoms with Crippen molar-refractivity contribution in [2.75, 3.05) is 19.6 Å². The molecule has 2 N–H and O–H groups in total. The molecule has 2 unspecified atom stereocenters. The molecule has 1 aromatic carbocycles. The first kappa shape index (κ1) is 21.2. The van der Waals surface area contributed by atoms with Crippen LogP contribution in [0.1, 0.15) is 36.1 Å². The van der Waals surface area contributed by atoms with E-state index in [2.05, 4.69) is 12.2 Å². The Morgan fingerprint density at radius 1 is 1.25 bits per heavy atom. The van der Waals surface area contributed by atoms with Gasteiger partial charge in [-0.25, -0.2) is 8.42 Å². The van der Waals surface area contributed by atoms with Crippen LogP contribution in [0, 0.1) is 0 Å². The van der Waals surface area contributed by atoms with E-state index in [4.69, 9.17) is 27.6 Å². The molecule has 2 atom stereocenters. The van der Waals surface area contributed by atoms with E-state index in [9.17, 15) is 13.2 Å². The van der Waals surface area contributed by atoms with Crippen molar-refractivity contribution in [2.24, 2.45) is 0 Å². The summed E-state index contributed by atoms with van der Waals surface area (Å²) in [7, 11) is -3.82. The van der Waals surface area contributed by atoms with Crippen molar-refractivity contribution in [3.63, 3.8) is 0 Å². The Hall–Kier alpha value is -1.54. The van der Waals surface area contributed by atoms with Gasteiger partial charge in [-0.15, -0.1) is 0 Å². The summed E-state index contributed by atoms with van der Waals surface area (Å²) in [4.78, 5) is 13.7. The minimum absolute atomic E-state index is 0.0524. The van der Waals surface area contributed by atoms with Crippen LogP contribution >= 0.6 is 23.2 Å². The Balaban J connectivity index is 1.66. The molecule has 9 heteroatoms. The maximum Gasteiger partial charge on any atom is 0.287 e. The number of quaternary nitrogens is 1. The zero-order valence-corrected chi connectivity index (χ0v) is 17.8. The third-order valence-electron chi connectivity index (χ3n) is 5.04. The lowest BCUT2D eigenvalue weighted by Gasteiger charge is -2.19. The standard InChI is InChI=1S/C19H22Cl2N2O4S/c1-2-23-10-4-5-13(23)11-22-19(24)17-9-8-14(27-17)12-28(25,26)18-15(20)6-3-7-16(18)21/h3,6-9,13H,2,4-5,10-12H2,1H3,(H,22,24)/p+1. The molecule has 1 aromatic heterocycles. The Bertz CT molecular complexity index is 938. The molecular weight excluding hydrogens is 423 g/mol. The van der Waals surface area contributed by atoms with Gasteiger partial charge in [-0.1, -0.05) is 29.3 Å². The van der Waals surface area contributed by atoms with Crippen LogP contribution in [0.3, 0.4) is 0 Å². The lowest BCUT2D eigenvalue weighted by Crippen LogP contribution is -3.14. The summed E-state index contributed by atoms with van der Waals surface area (Å²) in [6, 6.07) is 7.87. The monoisotopic (exact) mass is 445 g/mol. The summed E-state index contributed by atoms with van der Waals surface area (Å²) in [6.07, 6.45) is 2.25.